The summed E-state index contributed by atoms with van der Waals surface area (Å²) in [7, 11) is 0. The van der Waals surface area contributed by atoms with E-state index in [2.05, 4.69) is 11.4 Å². The zero-order valence-corrected chi connectivity index (χ0v) is 13.9. The van der Waals surface area contributed by atoms with E-state index in [-0.39, 0.29) is 23.8 Å². The number of rotatable bonds is 4. The third kappa shape index (κ3) is 2.96. The first kappa shape index (κ1) is 16.0. The van der Waals surface area contributed by atoms with Crippen LogP contribution in [0.3, 0.4) is 0 Å². The van der Waals surface area contributed by atoms with Crippen LogP contribution in [-0.4, -0.2) is 35.8 Å². The van der Waals surface area contributed by atoms with Crippen molar-refractivity contribution in [2.75, 3.05) is 18.4 Å². The summed E-state index contributed by atoms with van der Waals surface area (Å²) < 4.78 is 0. The monoisotopic (exact) mass is 332 g/mol. The predicted molar refractivity (Wildman–Crippen MR) is 88.0 cm³/mol. The summed E-state index contributed by atoms with van der Waals surface area (Å²) in [5.41, 5.74) is 7.07. The van der Waals surface area contributed by atoms with Crippen molar-refractivity contribution in [1.82, 2.24) is 4.90 Å². The van der Waals surface area contributed by atoms with Gasteiger partial charge >= 0.3 is 0 Å². The van der Waals surface area contributed by atoms with Crippen molar-refractivity contribution >= 4 is 28.2 Å². The summed E-state index contributed by atoms with van der Waals surface area (Å²) in [5.74, 6) is -0.612. The number of nitriles is 1. The van der Waals surface area contributed by atoms with Crippen LogP contribution in [0.5, 0.6) is 0 Å². The second-order valence-corrected chi connectivity index (χ2v) is 7.33. The fraction of sp³-hybridized carbons (Fsp3) is 0.562. The van der Waals surface area contributed by atoms with Gasteiger partial charge in [-0.1, -0.05) is 0 Å². The average Bonchev–Trinajstić information content (AvgIpc) is 3.21. The Bertz CT molecular complexity index is 691. The summed E-state index contributed by atoms with van der Waals surface area (Å²) in [6.07, 6.45) is 3.70. The molecule has 1 aromatic heterocycles. The number of aryl methyl sites for hydroxylation is 1. The average molecular weight is 332 g/mol. The lowest BCUT2D eigenvalue weighted by atomic mass is 10.1. The molecule has 0 saturated carbocycles. The number of carbonyl (C=O) groups excluding carboxylic acids is 2. The number of nitrogens with one attached hydrogen (secondary N) is 1. The molecule has 2 amide bonds. The molecule has 122 valence electrons. The quantitative estimate of drug-likeness (QED) is 0.866. The van der Waals surface area contributed by atoms with Crippen LogP contribution >= 0.6 is 11.3 Å². The fourth-order valence-corrected chi connectivity index (χ4v) is 4.61. The molecule has 1 saturated heterocycles. The second-order valence-electron chi connectivity index (χ2n) is 6.22. The Morgan fingerprint density at radius 1 is 1.48 bits per heavy atom. The van der Waals surface area contributed by atoms with Crippen molar-refractivity contribution in [1.29, 1.82) is 5.26 Å². The highest BCUT2D eigenvalue weighted by Crippen LogP contribution is 2.38. The number of fused-ring (bicyclic) bond motifs is 1. The Hall–Kier alpha value is -1.91. The van der Waals surface area contributed by atoms with Crippen molar-refractivity contribution < 1.29 is 9.59 Å². The van der Waals surface area contributed by atoms with E-state index in [1.165, 1.54) is 16.2 Å². The lowest BCUT2D eigenvalue weighted by Gasteiger charge is -2.23. The zero-order chi connectivity index (χ0) is 16.6. The zero-order valence-electron chi connectivity index (χ0n) is 13.1. The molecule has 3 rings (SSSR count). The van der Waals surface area contributed by atoms with E-state index in [4.69, 9.17) is 5.73 Å². The molecule has 1 aliphatic heterocycles. The van der Waals surface area contributed by atoms with Gasteiger partial charge in [0.15, 0.2) is 0 Å². The van der Waals surface area contributed by atoms with Crippen LogP contribution in [0.25, 0.3) is 0 Å². The van der Waals surface area contributed by atoms with Crippen molar-refractivity contribution in [3.8, 4) is 6.07 Å². The van der Waals surface area contributed by atoms with Crippen molar-refractivity contribution in [3.63, 3.8) is 0 Å². The van der Waals surface area contributed by atoms with Gasteiger partial charge in [0.05, 0.1) is 17.5 Å². The normalized spacial score (nSPS) is 21.7. The smallest absolute Gasteiger partial charge is 0.242 e. The van der Waals surface area contributed by atoms with Crippen LogP contribution in [0, 0.1) is 17.2 Å². The van der Waals surface area contributed by atoms with Crippen molar-refractivity contribution in [2.24, 2.45) is 11.7 Å². The van der Waals surface area contributed by atoms with Crippen LogP contribution in [0.4, 0.5) is 5.00 Å². The van der Waals surface area contributed by atoms with Crippen LogP contribution in [0.2, 0.25) is 0 Å². The Morgan fingerprint density at radius 3 is 2.91 bits per heavy atom. The molecule has 2 atom stereocenters. The van der Waals surface area contributed by atoms with E-state index in [1.807, 2.05) is 11.8 Å². The SMILES string of the molecule is C[C@H](C(=O)Nc1sc2c(c1C#N)CCC2)N1CC[C@@H](C(N)=O)C1. The highest BCUT2D eigenvalue weighted by atomic mass is 32.1. The van der Waals surface area contributed by atoms with Crippen LogP contribution in [0.15, 0.2) is 0 Å². The van der Waals surface area contributed by atoms with Gasteiger partial charge in [-0.3, -0.25) is 14.5 Å². The topological polar surface area (TPSA) is 99.2 Å². The fourth-order valence-electron chi connectivity index (χ4n) is 3.36. The number of hydrogen-bond acceptors (Lipinski definition) is 5. The molecular weight excluding hydrogens is 312 g/mol. The summed E-state index contributed by atoms with van der Waals surface area (Å²) in [6, 6.07) is 1.89. The maximum absolute atomic E-state index is 12.5. The summed E-state index contributed by atoms with van der Waals surface area (Å²) in [5, 5.41) is 13.0. The molecule has 1 fully saturated rings. The number of thiophene rings is 1. The number of nitrogens with zero attached hydrogens (tertiary/aromatic N) is 2. The second kappa shape index (κ2) is 6.30. The molecule has 2 aliphatic rings. The lowest BCUT2D eigenvalue weighted by Crippen LogP contribution is -2.41. The summed E-state index contributed by atoms with van der Waals surface area (Å²) in [4.78, 5) is 26.9. The molecule has 0 spiro atoms. The van der Waals surface area contributed by atoms with Gasteiger partial charge in [-0.2, -0.15) is 5.26 Å². The molecule has 0 aromatic carbocycles. The van der Waals surface area contributed by atoms with E-state index in [9.17, 15) is 14.9 Å². The number of amides is 2. The van der Waals surface area contributed by atoms with E-state index >= 15 is 0 Å². The van der Waals surface area contributed by atoms with Crippen molar-refractivity contribution in [2.45, 2.75) is 38.6 Å². The minimum absolute atomic E-state index is 0.133. The maximum atomic E-state index is 12.5. The first-order valence-corrected chi connectivity index (χ1v) is 8.71. The van der Waals surface area contributed by atoms with Gasteiger partial charge < -0.3 is 11.1 Å². The van der Waals surface area contributed by atoms with Crippen LogP contribution in [0.1, 0.15) is 35.8 Å². The standard InChI is InChI=1S/C16H20N4O2S/c1-9(20-6-5-10(8-20)14(18)21)15(22)19-16-12(7-17)11-3-2-4-13(11)23-16/h9-10H,2-6,8H2,1H3,(H2,18,21)(H,19,22)/t9-,10-/m1/s1. The molecule has 1 aromatic rings. The van der Waals surface area contributed by atoms with Gasteiger partial charge in [0.1, 0.15) is 11.1 Å². The molecule has 1 aliphatic carbocycles. The number of anilines is 1. The first-order valence-electron chi connectivity index (χ1n) is 7.90. The largest absolute Gasteiger partial charge is 0.369 e. The van der Waals surface area contributed by atoms with Crippen molar-refractivity contribution in [3.05, 3.63) is 16.0 Å². The number of carbonyl (C=O) groups is 2. The molecule has 0 radical (unpaired) electrons. The molecular formula is C16H20N4O2S. The Labute approximate surface area is 139 Å². The highest BCUT2D eigenvalue weighted by Gasteiger charge is 2.33. The number of likely N-dealkylation sites (tertiary alicyclic amines) is 1. The lowest BCUT2D eigenvalue weighted by molar-refractivity contribution is -0.123. The predicted octanol–water partition coefficient (Wildman–Crippen LogP) is 1.24. The number of nitrogens with two attached hydrogens (primary N) is 1. The Balaban J connectivity index is 1.68. The minimum Gasteiger partial charge on any atom is -0.369 e. The van der Waals surface area contributed by atoms with E-state index in [0.29, 0.717) is 30.1 Å². The van der Waals surface area contributed by atoms with Gasteiger partial charge in [-0.25, -0.2) is 0 Å². The third-order valence-electron chi connectivity index (χ3n) is 4.82. The highest BCUT2D eigenvalue weighted by molar-refractivity contribution is 7.16. The molecule has 7 heteroatoms. The van der Waals surface area contributed by atoms with E-state index in [1.54, 1.807) is 0 Å². The van der Waals surface area contributed by atoms with E-state index in [0.717, 1.165) is 24.8 Å². The molecule has 2 heterocycles. The first-order chi connectivity index (χ1) is 11.0. The van der Waals surface area contributed by atoms with Gasteiger partial charge in [-0.05, 0) is 44.7 Å². The Morgan fingerprint density at radius 2 is 2.26 bits per heavy atom. The van der Waals surface area contributed by atoms with Gasteiger partial charge in [-0.15, -0.1) is 11.3 Å². The van der Waals surface area contributed by atoms with Gasteiger partial charge in [0, 0.05) is 11.4 Å². The third-order valence-corrected chi connectivity index (χ3v) is 6.03. The molecule has 0 bridgehead atoms. The van der Waals surface area contributed by atoms with E-state index < -0.39 is 0 Å². The van der Waals surface area contributed by atoms with Gasteiger partial charge in [0.25, 0.3) is 0 Å². The molecule has 0 unspecified atom stereocenters. The molecule has 3 N–H and O–H groups in total. The van der Waals surface area contributed by atoms with Crippen LogP contribution < -0.4 is 11.1 Å². The minimum atomic E-state index is -0.345. The molecule has 23 heavy (non-hydrogen) atoms. The van der Waals surface area contributed by atoms with Gasteiger partial charge in [0.2, 0.25) is 11.8 Å². The maximum Gasteiger partial charge on any atom is 0.242 e. The molecule has 6 nitrogen and oxygen atoms in total. The number of primary amides is 1. The Kier molecular flexibility index (Phi) is 4.37. The summed E-state index contributed by atoms with van der Waals surface area (Å²) >= 11 is 1.52. The number of hydrogen-bond donors (Lipinski definition) is 2. The van der Waals surface area contributed by atoms with Crippen LogP contribution in [-0.2, 0) is 22.4 Å². The summed E-state index contributed by atoms with van der Waals surface area (Å²) in [6.45, 7) is 3.04.